The van der Waals surface area contributed by atoms with E-state index in [2.05, 4.69) is 0 Å². The largest absolute Gasteiger partial charge is 0.462 e. The molecule has 8 heteroatoms. The van der Waals surface area contributed by atoms with Crippen LogP contribution in [0.25, 0.3) is 0 Å². The number of ether oxygens (including phenoxy) is 2. The Morgan fingerprint density at radius 3 is 2.42 bits per heavy atom. The number of carbonyl (C=O) groups excluding carboxylic acids is 1. The molecule has 0 N–H and O–H groups in total. The van der Waals surface area contributed by atoms with Gasteiger partial charge in [-0.3, -0.25) is 0 Å². The van der Waals surface area contributed by atoms with E-state index in [1.807, 2.05) is 0 Å². The van der Waals surface area contributed by atoms with E-state index in [-0.39, 0.29) is 24.6 Å². The van der Waals surface area contributed by atoms with Crippen molar-refractivity contribution in [3.63, 3.8) is 0 Å². The van der Waals surface area contributed by atoms with Gasteiger partial charge in [-0.15, -0.1) is 0 Å². The van der Waals surface area contributed by atoms with Crippen molar-refractivity contribution < 1.29 is 22.7 Å². The molecule has 0 aromatic rings. The molecule has 0 aromatic heterocycles. The van der Waals surface area contributed by atoms with E-state index in [1.54, 1.807) is 21.0 Å². The van der Waals surface area contributed by atoms with Crippen LogP contribution in [0.1, 0.15) is 6.92 Å². The van der Waals surface area contributed by atoms with E-state index in [4.69, 9.17) is 9.47 Å². The highest BCUT2D eigenvalue weighted by Gasteiger charge is 2.33. The maximum atomic E-state index is 12.4. The molecule has 0 aromatic carbocycles. The molecule has 1 saturated heterocycles. The molecule has 1 aliphatic heterocycles. The van der Waals surface area contributed by atoms with E-state index in [0.717, 1.165) is 0 Å². The number of rotatable bonds is 5. The van der Waals surface area contributed by atoms with Crippen molar-refractivity contribution in [2.24, 2.45) is 0 Å². The maximum Gasteiger partial charge on any atom is 0.352 e. The van der Waals surface area contributed by atoms with Gasteiger partial charge in [0, 0.05) is 33.4 Å². The molecule has 110 valence electrons. The molecule has 1 heterocycles. The first kappa shape index (κ1) is 15.9. The molecule has 0 atom stereocenters. The van der Waals surface area contributed by atoms with Gasteiger partial charge < -0.3 is 14.4 Å². The van der Waals surface area contributed by atoms with E-state index in [0.29, 0.717) is 13.2 Å². The molecule has 0 aliphatic carbocycles. The summed E-state index contributed by atoms with van der Waals surface area (Å²) in [5, 5.41) is 0. The number of sulfonamides is 1. The van der Waals surface area contributed by atoms with Gasteiger partial charge in [0.1, 0.15) is 0 Å². The van der Waals surface area contributed by atoms with Crippen molar-refractivity contribution >= 4 is 16.0 Å². The number of hydrogen-bond acceptors (Lipinski definition) is 6. The van der Waals surface area contributed by atoms with Crippen LogP contribution in [0.4, 0.5) is 0 Å². The Morgan fingerprint density at radius 2 is 1.95 bits per heavy atom. The van der Waals surface area contributed by atoms with Crippen LogP contribution in [0.3, 0.4) is 0 Å². The van der Waals surface area contributed by atoms with Gasteiger partial charge >= 0.3 is 5.97 Å². The minimum atomic E-state index is -3.84. The zero-order valence-electron chi connectivity index (χ0n) is 11.5. The Balaban J connectivity index is 3.05. The second-order valence-corrected chi connectivity index (χ2v) is 6.10. The lowest BCUT2D eigenvalue weighted by molar-refractivity contribution is -0.137. The molecular weight excluding hydrogens is 272 g/mol. The Hall–Kier alpha value is -1.12. The number of carbonyl (C=O) groups is 1. The molecule has 0 amide bonds. The number of nitrogens with zero attached hydrogens (tertiary/aromatic N) is 2. The van der Waals surface area contributed by atoms with E-state index < -0.39 is 16.0 Å². The average Bonchev–Trinajstić information content (AvgIpc) is 2.37. The van der Waals surface area contributed by atoms with Crippen molar-refractivity contribution in [2.75, 3.05) is 47.0 Å². The third-order valence-corrected chi connectivity index (χ3v) is 4.31. The highest BCUT2D eigenvalue weighted by molar-refractivity contribution is 7.94. The quantitative estimate of drug-likeness (QED) is 0.507. The second-order valence-electron chi connectivity index (χ2n) is 4.19. The summed E-state index contributed by atoms with van der Waals surface area (Å²) in [6.45, 7) is 2.91. The average molecular weight is 292 g/mol. The van der Waals surface area contributed by atoms with Gasteiger partial charge in [0.05, 0.1) is 19.8 Å². The minimum Gasteiger partial charge on any atom is -0.462 e. The van der Waals surface area contributed by atoms with Crippen molar-refractivity contribution in [1.29, 1.82) is 0 Å². The number of morpholine rings is 1. The monoisotopic (exact) mass is 292 g/mol. The lowest BCUT2D eigenvalue weighted by atomic mass is 10.5. The predicted molar refractivity (Wildman–Crippen MR) is 69.7 cm³/mol. The molecule has 0 saturated carbocycles. The van der Waals surface area contributed by atoms with Gasteiger partial charge in [-0.05, 0) is 6.92 Å². The second kappa shape index (κ2) is 6.88. The van der Waals surface area contributed by atoms with Crippen molar-refractivity contribution in [3.8, 4) is 0 Å². The lowest BCUT2D eigenvalue weighted by Crippen LogP contribution is -2.42. The van der Waals surface area contributed by atoms with Crippen LogP contribution in [0, 0.1) is 0 Å². The molecule has 0 radical (unpaired) electrons. The van der Waals surface area contributed by atoms with Crippen LogP contribution in [-0.2, 0) is 24.3 Å². The van der Waals surface area contributed by atoms with Crippen LogP contribution in [0.2, 0.25) is 0 Å². The SMILES string of the molecule is CCOC(=O)/C(=C/N(C)C)S(=O)(=O)N1CCOCC1. The smallest absolute Gasteiger partial charge is 0.352 e. The normalized spacial score (nSPS) is 18.2. The van der Waals surface area contributed by atoms with Crippen molar-refractivity contribution in [1.82, 2.24) is 9.21 Å². The molecule has 0 bridgehead atoms. The molecular formula is C11H20N2O5S. The summed E-state index contributed by atoms with van der Waals surface area (Å²) < 4.78 is 36.0. The Bertz CT molecular complexity index is 438. The third kappa shape index (κ3) is 4.19. The first-order chi connectivity index (χ1) is 8.89. The van der Waals surface area contributed by atoms with Crippen LogP contribution >= 0.6 is 0 Å². The van der Waals surface area contributed by atoms with Crippen molar-refractivity contribution in [3.05, 3.63) is 11.1 Å². The fourth-order valence-corrected chi connectivity index (χ4v) is 3.11. The third-order valence-electron chi connectivity index (χ3n) is 2.44. The maximum absolute atomic E-state index is 12.4. The summed E-state index contributed by atoms with van der Waals surface area (Å²) in [6.07, 6.45) is 1.27. The van der Waals surface area contributed by atoms with Gasteiger partial charge in [0.15, 0.2) is 4.91 Å². The van der Waals surface area contributed by atoms with E-state index >= 15 is 0 Å². The van der Waals surface area contributed by atoms with E-state index in [1.165, 1.54) is 15.4 Å². The van der Waals surface area contributed by atoms with Gasteiger partial charge in [0.2, 0.25) is 0 Å². The topological polar surface area (TPSA) is 76.2 Å². The summed E-state index contributed by atoms with van der Waals surface area (Å²) in [5.74, 6) is -0.831. The van der Waals surface area contributed by atoms with Crippen molar-refractivity contribution in [2.45, 2.75) is 6.92 Å². The van der Waals surface area contributed by atoms with Crippen LogP contribution in [0.15, 0.2) is 11.1 Å². The molecule has 19 heavy (non-hydrogen) atoms. The molecule has 0 unspecified atom stereocenters. The number of hydrogen-bond donors (Lipinski definition) is 0. The number of esters is 1. The van der Waals surface area contributed by atoms with Gasteiger partial charge in [0.25, 0.3) is 10.0 Å². The molecule has 0 spiro atoms. The summed E-state index contributed by atoms with van der Waals surface area (Å²) in [5.41, 5.74) is 0. The van der Waals surface area contributed by atoms with Crippen LogP contribution in [-0.4, -0.2) is 70.6 Å². The highest BCUT2D eigenvalue weighted by atomic mass is 32.2. The Kier molecular flexibility index (Phi) is 5.77. The molecule has 1 fully saturated rings. The standard InChI is InChI=1S/C11H20N2O5S/c1-4-18-11(14)10(9-12(2)3)19(15,16)13-5-7-17-8-6-13/h9H,4-8H2,1-3H3/b10-9-. The Labute approximate surface area is 113 Å². The zero-order chi connectivity index (χ0) is 14.5. The molecule has 1 rings (SSSR count). The minimum absolute atomic E-state index is 0.127. The fraction of sp³-hybridized carbons (Fsp3) is 0.727. The first-order valence-electron chi connectivity index (χ1n) is 6.03. The molecule has 7 nitrogen and oxygen atoms in total. The van der Waals surface area contributed by atoms with Gasteiger partial charge in [-0.1, -0.05) is 0 Å². The van der Waals surface area contributed by atoms with Crippen LogP contribution in [0.5, 0.6) is 0 Å². The zero-order valence-corrected chi connectivity index (χ0v) is 12.3. The highest BCUT2D eigenvalue weighted by Crippen LogP contribution is 2.17. The molecule has 1 aliphatic rings. The lowest BCUT2D eigenvalue weighted by Gasteiger charge is -2.26. The summed E-state index contributed by atoms with van der Waals surface area (Å²) in [6, 6.07) is 0. The van der Waals surface area contributed by atoms with Gasteiger partial charge in [-0.25, -0.2) is 13.2 Å². The summed E-state index contributed by atoms with van der Waals surface area (Å²) in [7, 11) is -0.549. The van der Waals surface area contributed by atoms with Gasteiger partial charge in [-0.2, -0.15) is 4.31 Å². The van der Waals surface area contributed by atoms with E-state index in [9.17, 15) is 13.2 Å². The predicted octanol–water partition coefficient (Wildman–Crippen LogP) is -0.385. The Morgan fingerprint density at radius 1 is 1.37 bits per heavy atom. The summed E-state index contributed by atoms with van der Waals surface area (Å²) in [4.78, 5) is 13.0. The first-order valence-corrected chi connectivity index (χ1v) is 7.47. The summed E-state index contributed by atoms with van der Waals surface area (Å²) >= 11 is 0. The van der Waals surface area contributed by atoms with Crippen LogP contribution < -0.4 is 0 Å². The fourth-order valence-electron chi connectivity index (χ4n) is 1.59.